The lowest BCUT2D eigenvalue weighted by molar-refractivity contribution is -0.359. The summed E-state index contributed by atoms with van der Waals surface area (Å²) in [6, 6.07) is 1.16. The molecule has 0 bridgehead atoms. The molecule has 0 saturated heterocycles. The minimum Gasteiger partial charge on any atom is -0.373 e. The molecular formula is C9H14N2O6. The monoisotopic (exact) mass is 246 g/mol. The third-order valence-electron chi connectivity index (χ3n) is 2.25. The van der Waals surface area contributed by atoms with E-state index >= 15 is 0 Å². The van der Waals surface area contributed by atoms with Gasteiger partial charge in [0.15, 0.2) is 0 Å². The van der Waals surface area contributed by atoms with E-state index in [2.05, 4.69) is 4.74 Å². The summed E-state index contributed by atoms with van der Waals surface area (Å²) in [7, 11) is 1.19. The van der Waals surface area contributed by atoms with E-state index in [-0.39, 0.29) is 13.0 Å². The standard InChI is InChI=1S/C9H14N2O6/c1-17-6(9(14,15)16)2-4-11-5-3-7(12)10-8(11)13/h3,5-6,14-16H,2,4H2,1H3,(H,10,12,13). The van der Waals surface area contributed by atoms with Gasteiger partial charge in [0.2, 0.25) is 0 Å². The molecule has 0 fully saturated rings. The number of hydrogen-bond acceptors (Lipinski definition) is 6. The molecule has 1 rings (SSSR count). The number of aliphatic hydroxyl groups is 3. The van der Waals surface area contributed by atoms with E-state index in [1.165, 1.54) is 13.3 Å². The Bertz CT molecular complexity index is 471. The number of hydrogen-bond donors (Lipinski definition) is 4. The fraction of sp³-hybridized carbons (Fsp3) is 0.556. The van der Waals surface area contributed by atoms with Gasteiger partial charge >= 0.3 is 11.7 Å². The van der Waals surface area contributed by atoms with E-state index in [0.29, 0.717) is 0 Å². The molecule has 96 valence electrons. The Labute approximate surface area is 95.7 Å². The molecule has 1 aromatic heterocycles. The molecular weight excluding hydrogens is 232 g/mol. The van der Waals surface area contributed by atoms with Crippen molar-refractivity contribution in [3.63, 3.8) is 0 Å². The van der Waals surface area contributed by atoms with Gasteiger partial charge in [-0.1, -0.05) is 0 Å². The number of methoxy groups -OCH3 is 1. The lowest BCUT2D eigenvalue weighted by Crippen LogP contribution is -2.44. The van der Waals surface area contributed by atoms with Crippen LogP contribution in [0, 0.1) is 0 Å². The first kappa shape index (κ1) is 13.6. The molecule has 4 N–H and O–H groups in total. The highest BCUT2D eigenvalue weighted by Gasteiger charge is 2.31. The number of aromatic amines is 1. The average molecular weight is 246 g/mol. The number of aromatic nitrogens is 2. The van der Waals surface area contributed by atoms with Crippen molar-refractivity contribution in [2.45, 2.75) is 25.0 Å². The Morgan fingerprint density at radius 1 is 1.47 bits per heavy atom. The van der Waals surface area contributed by atoms with Crippen LogP contribution in [0.3, 0.4) is 0 Å². The predicted molar refractivity (Wildman–Crippen MR) is 56.1 cm³/mol. The second-order valence-corrected chi connectivity index (χ2v) is 3.50. The third kappa shape index (κ3) is 3.79. The quantitative estimate of drug-likeness (QED) is 0.428. The number of ether oxygens (including phenoxy) is 1. The molecule has 0 saturated carbocycles. The van der Waals surface area contributed by atoms with Crippen LogP contribution >= 0.6 is 0 Å². The summed E-state index contributed by atoms with van der Waals surface area (Å²) in [5.41, 5.74) is -1.14. The summed E-state index contributed by atoms with van der Waals surface area (Å²) >= 11 is 0. The van der Waals surface area contributed by atoms with Gasteiger partial charge < -0.3 is 24.6 Å². The van der Waals surface area contributed by atoms with Gasteiger partial charge in [-0.15, -0.1) is 0 Å². The van der Waals surface area contributed by atoms with Crippen molar-refractivity contribution in [3.8, 4) is 0 Å². The Morgan fingerprint density at radius 2 is 2.12 bits per heavy atom. The van der Waals surface area contributed by atoms with Crippen LogP contribution in [0.5, 0.6) is 0 Å². The SMILES string of the molecule is COC(CCn1ccc(=O)[nH]c1=O)C(O)(O)O. The van der Waals surface area contributed by atoms with Gasteiger partial charge in [-0.3, -0.25) is 9.78 Å². The van der Waals surface area contributed by atoms with Crippen LogP contribution in [0.2, 0.25) is 0 Å². The van der Waals surface area contributed by atoms with Crippen molar-refractivity contribution in [3.05, 3.63) is 33.1 Å². The van der Waals surface area contributed by atoms with Crippen LogP contribution in [0.4, 0.5) is 0 Å². The van der Waals surface area contributed by atoms with Gasteiger partial charge in [-0.2, -0.15) is 0 Å². The Hall–Kier alpha value is -1.48. The van der Waals surface area contributed by atoms with Crippen molar-refractivity contribution in [2.75, 3.05) is 7.11 Å². The molecule has 0 aliphatic heterocycles. The molecule has 0 radical (unpaired) electrons. The molecule has 8 heteroatoms. The number of rotatable bonds is 5. The van der Waals surface area contributed by atoms with Crippen molar-refractivity contribution < 1.29 is 20.1 Å². The summed E-state index contributed by atoms with van der Waals surface area (Å²) in [5, 5.41) is 26.7. The molecule has 0 spiro atoms. The topological polar surface area (TPSA) is 125 Å². The largest absolute Gasteiger partial charge is 0.373 e. The van der Waals surface area contributed by atoms with E-state index in [1.54, 1.807) is 0 Å². The molecule has 17 heavy (non-hydrogen) atoms. The molecule has 8 nitrogen and oxygen atoms in total. The lowest BCUT2D eigenvalue weighted by Gasteiger charge is -2.24. The maximum absolute atomic E-state index is 11.3. The molecule has 1 unspecified atom stereocenters. The normalized spacial score (nSPS) is 13.6. The van der Waals surface area contributed by atoms with E-state index < -0.39 is 23.3 Å². The number of H-pyrrole nitrogens is 1. The Morgan fingerprint density at radius 3 is 2.59 bits per heavy atom. The third-order valence-corrected chi connectivity index (χ3v) is 2.25. The zero-order valence-corrected chi connectivity index (χ0v) is 9.16. The number of aryl methyl sites for hydroxylation is 1. The molecule has 1 heterocycles. The second kappa shape index (κ2) is 5.23. The number of nitrogens with one attached hydrogen (secondary N) is 1. The average Bonchev–Trinajstić information content (AvgIpc) is 2.19. The van der Waals surface area contributed by atoms with Gasteiger partial charge in [0, 0.05) is 25.9 Å². The summed E-state index contributed by atoms with van der Waals surface area (Å²) in [5.74, 6) is -2.97. The van der Waals surface area contributed by atoms with Crippen LogP contribution in [0.15, 0.2) is 21.9 Å². The first-order valence-corrected chi connectivity index (χ1v) is 4.84. The fourth-order valence-electron chi connectivity index (χ4n) is 1.35. The minimum absolute atomic E-state index is 0.0219. The van der Waals surface area contributed by atoms with Crippen LogP contribution in [-0.2, 0) is 11.3 Å². The highest BCUT2D eigenvalue weighted by Crippen LogP contribution is 2.10. The van der Waals surface area contributed by atoms with Gasteiger partial charge in [0.1, 0.15) is 6.10 Å². The molecule has 0 aliphatic carbocycles. The highest BCUT2D eigenvalue weighted by molar-refractivity contribution is 4.82. The van der Waals surface area contributed by atoms with Crippen LogP contribution < -0.4 is 11.2 Å². The number of nitrogens with zero attached hydrogens (tertiary/aromatic N) is 1. The van der Waals surface area contributed by atoms with E-state index in [1.807, 2.05) is 4.98 Å². The van der Waals surface area contributed by atoms with Crippen molar-refractivity contribution in [1.29, 1.82) is 0 Å². The van der Waals surface area contributed by atoms with Gasteiger partial charge in [0.05, 0.1) is 0 Å². The molecule has 1 aromatic rings. The van der Waals surface area contributed by atoms with Crippen molar-refractivity contribution in [1.82, 2.24) is 9.55 Å². The smallest absolute Gasteiger partial charge is 0.328 e. The summed E-state index contributed by atoms with van der Waals surface area (Å²) in [4.78, 5) is 24.1. The van der Waals surface area contributed by atoms with Gasteiger partial charge in [0.25, 0.3) is 5.56 Å². The molecule has 0 amide bonds. The maximum Gasteiger partial charge on any atom is 0.328 e. The Balaban J connectivity index is 2.73. The predicted octanol–water partition coefficient (Wildman–Crippen LogP) is -2.43. The summed E-state index contributed by atoms with van der Waals surface area (Å²) < 4.78 is 5.81. The summed E-state index contributed by atoms with van der Waals surface area (Å²) in [6.45, 7) is 0.0531. The second-order valence-electron chi connectivity index (χ2n) is 3.50. The maximum atomic E-state index is 11.3. The molecule has 0 aliphatic rings. The van der Waals surface area contributed by atoms with E-state index in [9.17, 15) is 9.59 Å². The van der Waals surface area contributed by atoms with Crippen molar-refractivity contribution in [2.24, 2.45) is 0 Å². The van der Waals surface area contributed by atoms with Gasteiger partial charge in [-0.25, -0.2) is 4.79 Å². The van der Waals surface area contributed by atoms with Crippen molar-refractivity contribution >= 4 is 0 Å². The summed E-state index contributed by atoms with van der Waals surface area (Å²) in [6.07, 6.45) is -0.0190. The first-order valence-electron chi connectivity index (χ1n) is 4.84. The highest BCUT2D eigenvalue weighted by atomic mass is 16.7. The fourth-order valence-corrected chi connectivity index (χ4v) is 1.35. The minimum atomic E-state index is -2.97. The molecule has 1 atom stereocenters. The van der Waals surface area contributed by atoms with E-state index in [4.69, 9.17) is 15.3 Å². The first-order chi connectivity index (χ1) is 7.84. The van der Waals surface area contributed by atoms with E-state index in [0.717, 1.165) is 10.6 Å². The van der Waals surface area contributed by atoms with Crippen LogP contribution in [0.1, 0.15) is 6.42 Å². The van der Waals surface area contributed by atoms with Gasteiger partial charge in [-0.05, 0) is 6.42 Å². The zero-order valence-electron chi connectivity index (χ0n) is 9.16. The zero-order chi connectivity index (χ0) is 13.1. The lowest BCUT2D eigenvalue weighted by atomic mass is 10.2. The van der Waals surface area contributed by atoms with Crippen LogP contribution in [0.25, 0.3) is 0 Å². The Kier molecular flexibility index (Phi) is 4.18. The molecule has 0 aromatic carbocycles. The van der Waals surface area contributed by atoms with Crippen LogP contribution in [-0.4, -0.2) is 44.1 Å².